The second-order valence-corrected chi connectivity index (χ2v) is 16.1. The number of halogens is 1. The van der Waals surface area contributed by atoms with Gasteiger partial charge in [0.15, 0.2) is 11.5 Å². The Morgan fingerprint density at radius 1 is 0.965 bits per heavy atom. The van der Waals surface area contributed by atoms with Crippen LogP contribution in [0.4, 0.5) is 20.7 Å². The molecule has 14 nitrogen and oxygen atoms in total. The van der Waals surface area contributed by atoms with E-state index in [9.17, 15) is 14.4 Å². The summed E-state index contributed by atoms with van der Waals surface area (Å²) in [6.07, 6.45) is 17.2. The summed E-state index contributed by atoms with van der Waals surface area (Å²) in [5.74, 6) is 0.654. The number of anilines is 2. The van der Waals surface area contributed by atoms with Crippen molar-refractivity contribution in [2.75, 3.05) is 36.4 Å². The van der Waals surface area contributed by atoms with Crippen LogP contribution in [-0.2, 0) is 4.79 Å². The zero-order valence-electron chi connectivity index (χ0n) is 31.6. The minimum atomic E-state index is -0.577. The second kappa shape index (κ2) is 14.6. The molecule has 294 valence electrons. The normalized spacial score (nSPS) is 21.1. The number of carbonyl (C=O) groups excluding carboxylic acids is 3. The van der Waals surface area contributed by atoms with Gasteiger partial charge in [-0.1, -0.05) is 0 Å². The van der Waals surface area contributed by atoms with Crippen LogP contribution in [0.1, 0.15) is 86.6 Å². The number of hydrogen-bond acceptors (Lipinski definition) is 8. The van der Waals surface area contributed by atoms with Gasteiger partial charge in [-0.2, -0.15) is 14.7 Å². The molecule has 2 aromatic carbocycles. The Labute approximate surface area is 327 Å². The molecule has 4 amide bonds. The van der Waals surface area contributed by atoms with Crippen LogP contribution in [0.25, 0.3) is 27.5 Å². The van der Waals surface area contributed by atoms with Crippen molar-refractivity contribution >= 4 is 56.8 Å². The highest BCUT2D eigenvalue weighted by Gasteiger charge is 2.31. The number of nitrogens with one attached hydrogen (secondary N) is 2. The molecule has 0 atom stereocenters. The first-order valence-electron chi connectivity index (χ1n) is 20.3. The number of likely N-dealkylation sites (tertiary alicyclic amines) is 1. The van der Waals surface area contributed by atoms with Crippen molar-refractivity contribution in [2.45, 2.75) is 82.4 Å². The van der Waals surface area contributed by atoms with Crippen LogP contribution in [0, 0.1) is 11.7 Å². The van der Waals surface area contributed by atoms with Gasteiger partial charge >= 0.3 is 6.03 Å². The van der Waals surface area contributed by atoms with E-state index in [0.29, 0.717) is 46.2 Å². The van der Waals surface area contributed by atoms with Crippen molar-refractivity contribution in [1.29, 1.82) is 0 Å². The standard InChI is InChI=1S/C42H45FN10O4/c43-33-9-10-35-31(40(33)51-21-15-39(54)47-42(51)56)14-20-50(35)28-12-18-49(19-13-28)17-11-26-3-5-29(6-4-26)52-25-27-22-32(36(23-34(27)48-52)57-30-7-8-30)41(55)46-38-24-44-37-2-1-16-45-53(37)38/h1-2,9-10,14,16,20,22-26,28-30H,3-8,11-13,15,17-19,21H2,(H,46,55)(H,47,54,56). The summed E-state index contributed by atoms with van der Waals surface area (Å²) in [5, 5.41) is 16.2. The summed E-state index contributed by atoms with van der Waals surface area (Å²) in [6.45, 7) is 3.26. The number of amides is 4. The number of hydrogen-bond donors (Lipinski definition) is 2. The maximum Gasteiger partial charge on any atom is 0.328 e. The van der Waals surface area contributed by atoms with E-state index in [4.69, 9.17) is 9.84 Å². The molecule has 2 aliphatic heterocycles. The van der Waals surface area contributed by atoms with Gasteiger partial charge in [-0.05, 0) is 107 Å². The van der Waals surface area contributed by atoms with Crippen molar-refractivity contribution in [3.63, 3.8) is 0 Å². The number of rotatable bonds is 10. The SMILES string of the molecule is O=C1CCN(c2c(F)ccc3c2ccn3C2CCN(CCC3CCC(n4cc5cc(C(=O)Nc6cnc7cccnn67)c(OC6CC6)cc5n4)CC3)CC2)C(=O)N1. The van der Waals surface area contributed by atoms with Gasteiger partial charge in [0.1, 0.15) is 11.6 Å². The van der Waals surface area contributed by atoms with E-state index in [0.717, 1.165) is 87.4 Å². The lowest BCUT2D eigenvalue weighted by molar-refractivity contribution is -0.120. The smallest absolute Gasteiger partial charge is 0.328 e. The van der Waals surface area contributed by atoms with E-state index in [2.05, 4.69) is 41.1 Å². The van der Waals surface area contributed by atoms with E-state index >= 15 is 4.39 Å². The number of aromatic nitrogens is 6. The molecule has 2 N–H and O–H groups in total. The van der Waals surface area contributed by atoms with E-state index in [1.54, 1.807) is 23.0 Å². The van der Waals surface area contributed by atoms with Gasteiger partial charge < -0.3 is 19.5 Å². The first kappa shape index (κ1) is 35.6. The summed E-state index contributed by atoms with van der Waals surface area (Å²) < 4.78 is 27.3. The maximum absolute atomic E-state index is 15.1. The first-order chi connectivity index (χ1) is 27.8. The molecule has 4 aliphatic rings. The molecule has 57 heavy (non-hydrogen) atoms. The van der Waals surface area contributed by atoms with Crippen molar-refractivity contribution in [1.82, 2.24) is 39.2 Å². The summed E-state index contributed by atoms with van der Waals surface area (Å²) in [6, 6.07) is 12.6. The minimum Gasteiger partial charge on any atom is -0.490 e. The van der Waals surface area contributed by atoms with Crippen molar-refractivity contribution in [3.8, 4) is 5.75 Å². The fourth-order valence-corrected chi connectivity index (χ4v) is 9.05. The Balaban J connectivity index is 0.742. The van der Waals surface area contributed by atoms with E-state index in [-0.39, 0.29) is 36.6 Å². The van der Waals surface area contributed by atoms with Crippen LogP contribution in [0.3, 0.4) is 0 Å². The van der Waals surface area contributed by atoms with Gasteiger partial charge in [-0.15, -0.1) is 0 Å². The first-order valence-corrected chi connectivity index (χ1v) is 20.3. The molecule has 0 unspecified atom stereocenters. The third kappa shape index (κ3) is 6.98. The van der Waals surface area contributed by atoms with Crippen LogP contribution >= 0.6 is 0 Å². The van der Waals surface area contributed by atoms with Crippen molar-refractivity contribution in [3.05, 3.63) is 78.6 Å². The quantitative estimate of drug-likeness (QED) is 0.154. The predicted molar refractivity (Wildman–Crippen MR) is 212 cm³/mol. The van der Waals surface area contributed by atoms with Crippen LogP contribution in [0.2, 0.25) is 0 Å². The number of piperidine rings is 1. The average Bonchev–Trinajstić information content (AvgIpc) is 3.58. The number of imidazole rings is 1. The topological polar surface area (TPSA) is 144 Å². The minimum absolute atomic E-state index is 0.127. The second-order valence-electron chi connectivity index (χ2n) is 16.1. The molecule has 2 saturated carbocycles. The largest absolute Gasteiger partial charge is 0.490 e. The van der Waals surface area contributed by atoms with Gasteiger partial charge in [0.05, 0.1) is 40.6 Å². The third-order valence-corrected chi connectivity index (χ3v) is 12.3. The number of imide groups is 1. The zero-order chi connectivity index (χ0) is 38.6. The summed E-state index contributed by atoms with van der Waals surface area (Å²) in [4.78, 5) is 46.2. The predicted octanol–water partition coefficient (Wildman–Crippen LogP) is 6.87. The fourth-order valence-electron chi connectivity index (χ4n) is 9.05. The summed E-state index contributed by atoms with van der Waals surface area (Å²) in [7, 11) is 0. The number of carbonyl (C=O) groups is 3. The Morgan fingerprint density at radius 2 is 1.81 bits per heavy atom. The fraction of sp³-hybridized carbons (Fsp3) is 0.429. The molecule has 0 spiro atoms. The van der Waals surface area contributed by atoms with Crippen molar-refractivity contribution in [2.24, 2.45) is 5.92 Å². The van der Waals surface area contributed by atoms with E-state index < -0.39 is 11.8 Å². The molecular formula is C42H45FN10O4. The lowest BCUT2D eigenvalue weighted by Crippen LogP contribution is -2.50. The highest BCUT2D eigenvalue weighted by Crippen LogP contribution is 2.38. The Kier molecular flexibility index (Phi) is 9.11. The van der Waals surface area contributed by atoms with Gasteiger partial charge in [0.25, 0.3) is 5.91 Å². The molecule has 2 aliphatic carbocycles. The Hall–Kier alpha value is -5.83. The van der Waals surface area contributed by atoms with E-state index in [1.165, 1.54) is 17.4 Å². The maximum atomic E-state index is 15.1. The molecule has 15 heteroatoms. The van der Waals surface area contributed by atoms with Gasteiger partial charge in [0, 0.05) is 67.5 Å². The summed E-state index contributed by atoms with van der Waals surface area (Å²) in [5.41, 5.74) is 3.11. The third-order valence-electron chi connectivity index (χ3n) is 12.3. The highest BCUT2D eigenvalue weighted by atomic mass is 19.1. The molecule has 0 bridgehead atoms. The Morgan fingerprint density at radius 3 is 2.61 bits per heavy atom. The number of fused-ring (bicyclic) bond motifs is 3. The lowest BCUT2D eigenvalue weighted by atomic mass is 9.84. The van der Waals surface area contributed by atoms with Gasteiger partial charge in [-0.25, -0.2) is 14.2 Å². The van der Waals surface area contributed by atoms with Crippen LogP contribution in [0.15, 0.2) is 67.3 Å². The average molecular weight is 773 g/mol. The number of nitrogens with zero attached hydrogens (tertiary/aromatic N) is 8. The molecule has 0 radical (unpaired) electrons. The summed E-state index contributed by atoms with van der Waals surface area (Å²) >= 11 is 0. The molecule has 4 aromatic heterocycles. The molecule has 4 fully saturated rings. The van der Waals surface area contributed by atoms with Gasteiger partial charge in [-0.3, -0.25) is 24.5 Å². The van der Waals surface area contributed by atoms with E-state index in [1.807, 2.05) is 36.5 Å². The molecule has 6 aromatic rings. The molecule has 2 saturated heterocycles. The highest BCUT2D eigenvalue weighted by molar-refractivity contribution is 6.10. The molecule has 10 rings (SSSR count). The molecular weight excluding hydrogens is 728 g/mol. The van der Waals surface area contributed by atoms with Crippen LogP contribution < -0.4 is 20.3 Å². The number of ether oxygens (including phenoxy) is 1. The zero-order valence-corrected chi connectivity index (χ0v) is 31.6. The number of urea groups is 1. The lowest BCUT2D eigenvalue weighted by Gasteiger charge is -2.35. The van der Waals surface area contributed by atoms with Crippen molar-refractivity contribution < 1.29 is 23.5 Å². The number of benzene rings is 2. The van der Waals surface area contributed by atoms with Crippen LogP contribution in [0.5, 0.6) is 5.75 Å². The van der Waals surface area contributed by atoms with Gasteiger partial charge in [0.2, 0.25) is 5.91 Å². The van der Waals surface area contributed by atoms with Crippen LogP contribution in [-0.4, -0.2) is 84.0 Å². The monoisotopic (exact) mass is 772 g/mol. The Bertz CT molecular complexity index is 2510. The molecule has 6 heterocycles.